The van der Waals surface area contributed by atoms with Crippen LogP contribution in [-0.2, 0) is 6.42 Å². The minimum atomic E-state index is -0.215. The molecule has 0 saturated heterocycles. The van der Waals surface area contributed by atoms with Gasteiger partial charge in [-0.15, -0.1) is 0 Å². The van der Waals surface area contributed by atoms with E-state index in [1.54, 1.807) is 25.1 Å². The summed E-state index contributed by atoms with van der Waals surface area (Å²) in [6.45, 7) is 3.74. The van der Waals surface area contributed by atoms with Gasteiger partial charge in [0.2, 0.25) is 0 Å². The topological polar surface area (TPSA) is 80.9 Å². The highest BCUT2D eigenvalue weighted by molar-refractivity contribution is 6.06. The Morgan fingerprint density at radius 1 is 1.32 bits per heavy atom. The smallest absolute Gasteiger partial charge is 0.257 e. The molecule has 98 valence electrons. The molecule has 0 fully saturated rings. The summed E-state index contributed by atoms with van der Waals surface area (Å²) in [6.07, 6.45) is 0.653. The van der Waals surface area contributed by atoms with Gasteiger partial charge in [-0.05, 0) is 31.5 Å². The number of rotatable bonds is 3. The van der Waals surface area contributed by atoms with Crippen LogP contribution in [0.1, 0.15) is 28.7 Å². The van der Waals surface area contributed by atoms with Crippen molar-refractivity contribution in [1.82, 2.24) is 10.2 Å². The van der Waals surface area contributed by atoms with Gasteiger partial charge < -0.3 is 11.1 Å². The number of benzene rings is 1. The molecule has 5 nitrogen and oxygen atoms in total. The van der Waals surface area contributed by atoms with E-state index < -0.39 is 0 Å². The maximum Gasteiger partial charge on any atom is 0.257 e. The third kappa shape index (κ3) is 2.88. The van der Waals surface area contributed by atoms with Crippen LogP contribution in [0.3, 0.4) is 0 Å². The maximum absolute atomic E-state index is 12.3. The standard InChI is InChI=1S/C14H16N4O/c1-3-12-10(8-9(2)17-18-12)14(19)16-13-7-5-4-6-11(13)15/h4-8H,3,15H2,1-2H3,(H,16,19). The molecule has 2 aromatic rings. The first-order valence-electron chi connectivity index (χ1n) is 6.11. The van der Waals surface area contributed by atoms with Gasteiger partial charge in [0.25, 0.3) is 5.91 Å². The molecule has 0 radical (unpaired) electrons. The van der Waals surface area contributed by atoms with Gasteiger partial charge in [0.1, 0.15) is 0 Å². The number of nitrogens with zero attached hydrogens (tertiary/aromatic N) is 2. The van der Waals surface area contributed by atoms with Crippen LogP contribution in [0.25, 0.3) is 0 Å². The molecule has 0 saturated carbocycles. The highest BCUT2D eigenvalue weighted by atomic mass is 16.1. The molecule has 1 aromatic heterocycles. The number of carbonyl (C=O) groups is 1. The van der Waals surface area contributed by atoms with Crippen molar-refractivity contribution in [1.29, 1.82) is 0 Å². The number of nitrogens with one attached hydrogen (secondary N) is 1. The van der Waals surface area contributed by atoms with Gasteiger partial charge in [0.05, 0.1) is 28.3 Å². The average molecular weight is 256 g/mol. The highest BCUT2D eigenvalue weighted by Gasteiger charge is 2.13. The number of aromatic nitrogens is 2. The predicted octanol–water partition coefficient (Wildman–Crippen LogP) is 2.18. The van der Waals surface area contributed by atoms with E-state index >= 15 is 0 Å². The molecule has 0 atom stereocenters. The van der Waals surface area contributed by atoms with E-state index in [2.05, 4.69) is 15.5 Å². The van der Waals surface area contributed by atoms with Crippen LogP contribution >= 0.6 is 0 Å². The van der Waals surface area contributed by atoms with Gasteiger partial charge in [-0.2, -0.15) is 10.2 Å². The molecule has 0 aliphatic carbocycles. The fraction of sp³-hybridized carbons (Fsp3) is 0.214. The van der Waals surface area contributed by atoms with Crippen molar-refractivity contribution in [2.24, 2.45) is 0 Å². The summed E-state index contributed by atoms with van der Waals surface area (Å²) in [5, 5.41) is 10.8. The zero-order chi connectivity index (χ0) is 13.8. The average Bonchev–Trinajstić information content (AvgIpc) is 2.41. The number of aryl methyl sites for hydroxylation is 2. The fourth-order valence-electron chi connectivity index (χ4n) is 1.77. The van der Waals surface area contributed by atoms with Crippen LogP contribution in [0.2, 0.25) is 0 Å². The van der Waals surface area contributed by atoms with Gasteiger partial charge in [0.15, 0.2) is 0 Å². The number of nitrogen functional groups attached to an aromatic ring is 1. The van der Waals surface area contributed by atoms with E-state index in [4.69, 9.17) is 5.73 Å². The monoisotopic (exact) mass is 256 g/mol. The Bertz CT molecular complexity index is 610. The van der Waals surface area contributed by atoms with E-state index in [9.17, 15) is 4.79 Å². The van der Waals surface area contributed by atoms with Crippen molar-refractivity contribution in [3.8, 4) is 0 Å². The number of hydrogen-bond donors (Lipinski definition) is 2. The zero-order valence-corrected chi connectivity index (χ0v) is 11.0. The summed E-state index contributed by atoms with van der Waals surface area (Å²) in [5.41, 5.74) is 8.87. The van der Waals surface area contributed by atoms with Crippen LogP contribution < -0.4 is 11.1 Å². The normalized spacial score (nSPS) is 10.2. The molecule has 0 spiro atoms. The van der Waals surface area contributed by atoms with Gasteiger partial charge in [0, 0.05) is 0 Å². The van der Waals surface area contributed by atoms with E-state index in [1.165, 1.54) is 0 Å². The minimum absolute atomic E-state index is 0.215. The van der Waals surface area contributed by atoms with E-state index in [1.807, 2.05) is 19.1 Å². The lowest BCUT2D eigenvalue weighted by Crippen LogP contribution is -2.17. The van der Waals surface area contributed by atoms with E-state index in [0.717, 1.165) is 0 Å². The maximum atomic E-state index is 12.3. The van der Waals surface area contributed by atoms with Gasteiger partial charge in [-0.3, -0.25) is 4.79 Å². The molecule has 3 N–H and O–H groups in total. The summed E-state index contributed by atoms with van der Waals surface area (Å²) in [7, 11) is 0. The third-order valence-corrected chi connectivity index (χ3v) is 2.78. The van der Waals surface area contributed by atoms with Crippen LogP contribution in [-0.4, -0.2) is 16.1 Å². The first-order chi connectivity index (χ1) is 9.11. The molecular weight excluding hydrogens is 240 g/mol. The summed E-state index contributed by atoms with van der Waals surface area (Å²) in [5.74, 6) is -0.215. The number of amides is 1. The second-order valence-corrected chi connectivity index (χ2v) is 4.24. The second kappa shape index (κ2) is 5.48. The van der Waals surface area contributed by atoms with Crippen LogP contribution in [0.15, 0.2) is 30.3 Å². The Labute approximate surface area is 111 Å². The van der Waals surface area contributed by atoms with Crippen molar-refractivity contribution >= 4 is 17.3 Å². The number of hydrogen-bond acceptors (Lipinski definition) is 4. The van der Waals surface area contributed by atoms with Crippen LogP contribution in [0.5, 0.6) is 0 Å². The lowest BCUT2D eigenvalue weighted by Gasteiger charge is -2.10. The Balaban J connectivity index is 2.30. The number of nitrogens with two attached hydrogens (primary N) is 1. The summed E-state index contributed by atoms with van der Waals surface area (Å²) < 4.78 is 0. The van der Waals surface area contributed by atoms with Crippen LogP contribution in [0, 0.1) is 6.92 Å². The predicted molar refractivity (Wildman–Crippen MR) is 75.0 cm³/mol. The summed E-state index contributed by atoms with van der Waals surface area (Å²) in [6, 6.07) is 8.89. The number of para-hydroxylation sites is 2. The lowest BCUT2D eigenvalue weighted by atomic mass is 10.1. The fourth-order valence-corrected chi connectivity index (χ4v) is 1.77. The molecule has 19 heavy (non-hydrogen) atoms. The van der Waals surface area contributed by atoms with Gasteiger partial charge in [-0.1, -0.05) is 19.1 Å². The molecule has 1 aromatic carbocycles. The van der Waals surface area contributed by atoms with Crippen molar-refractivity contribution in [3.63, 3.8) is 0 Å². The Morgan fingerprint density at radius 3 is 2.74 bits per heavy atom. The Hall–Kier alpha value is -2.43. The first-order valence-corrected chi connectivity index (χ1v) is 6.11. The lowest BCUT2D eigenvalue weighted by molar-refractivity contribution is 0.102. The van der Waals surface area contributed by atoms with E-state index in [-0.39, 0.29) is 5.91 Å². The molecule has 0 bridgehead atoms. The first kappa shape index (κ1) is 13.0. The molecule has 0 unspecified atom stereocenters. The SMILES string of the molecule is CCc1nnc(C)cc1C(=O)Nc1ccccc1N. The van der Waals surface area contributed by atoms with Crippen molar-refractivity contribution < 1.29 is 4.79 Å². The molecule has 1 amide bonds. The molecule has 0 aliphatic heterocycles. The largest absolute Gasteiger partial charge is 0.397 e. The van der Waals surface area contributed by atoms with Crippen molar-refractivity contribution in [3.05, 3.63) is 47.3 Å². The molecule has 2 rings (SSSR count). The molecule has 0 aliphatic rings. The minimum Gasteiger partial charge on any atom is -0.397 e. The van der Waals surface area contributed by atoms with Crippen molar-refractivity contribution in [2.75, 3.05) is 11.1 Å². The molecule has 1 heterocycles. The summed E-state index contributed by atoms with van der Waals surface area (Å²) >= 11 is 0. The Morgan fingerprint density at radius 2 is 2.05 bits per heavy atom. The quantitative estimate of drug-likeness (QED) is 0.825. The van der Waals surface area contributed by atoms with Crippen LogP contribution in [0.4, 0.5) is 11.4 Å². The third-order valence-electron chi connectivity index (χ3n) is 2.78. The van der Waals surface area contributed by atoms with Gasteiger partial charge in [-0.25, -0.2) is 0 Å². The zero-order valence-electron chi connectivity index (χ0n) is 11.0. The highest BCUT2D eigenvalue weighted by Crippen LogP contribution is 2.18. The molecular formula is C14H16N4O. The number of anilines is 2. The second-order valence-electron chi connectivity index (χ2n) is 4.24. The van der Waals surface area contributed by atoms with E-state index in [0.29, 0.717) is 34.7 Å². The van der Waals surface area contributed by atoms with Crippen molar-refractivity contribution in [2.45, 2.75) is 20.3 Å². The number of carbonyl (C=O) groups excluding carboxylic acids is 1. The summed E-state index contributed by atoms with van der Waals surface area (Å²) in [4.78, 5) is 12.3. The van der Waals surface area contributed by atoms with Gasteiger partial charge >= 0.3 is 0 Å². The Kier molecular flexibility index (Phi) is 3.75. The molecule has 5 heteroatoms.